The van der Waals surface area contributed by atoms with E-state index in [1.807, 2.05) is 6.92 Å². The third kappa shape index (κ3) is 25.1. The molecule has 4 nitrogen and oxygen atoms in total. The van der Waals surface area contributed by atoms with E-state index in [1.165, 1.54) is 115 Å². The van der Waals surface area contributed by atoms with Gasteiger partial charge in [-0.3, -0.25) is 0 Å². The van der Waals surface area contributed by atoms with Gasteiger partial charge in [0.1, 0.15) is 0 Å². The Bertz CT molecular complexity index is 472. The minimum absolute atomic E-state index is 0.116. The Hall–Kier alpha value is -1.32. The summed E-state index contributed by atoms with van der Waals surface area (Å²) in [6.45, 7) is 6.80. The van der Waals surface area contributed by atoms with E-state index in [2.05, 4.69) is 13.8 Å². The summed E-state index contributed by atoms with van der Waals surface area (Å²) in [6, 6.07) is 0. The predicted molar refractivity (Wildman–Crippen MR) is 139 cm³/mol. The summed E-state index contributed by atoms with van der Waals surface area (Å²) >= 11 is 0. The maximum absolute atomic E-state index is 11.8. The number of ether oxygens (including phenoxy) is 2. The van der Waals surface area contributed by atoms with Gasteiger partial charge in [-0.05, 0) is 26.2 Å². The molecule has 4 heteroatoms. The molecule has 0 rings (SSSR count). The van der Waals surface area contributed by atoms with Crippen molar-refractivity contribution in [3.63, 3.8) is 0 Å². The SMILES string of the molecule is CCCCCCCCCCCCCCCOC(=O)/C=C/C(=O)OC(C)CCCCCCCC. The number of esters is 2. The van der Waals surface area contributed by atoms with Crippen molar-refractivity contribution in [2.45, 2.75) is 155 Å². The lowest BCUT2D eigenvalue weighted by Gasteiger charge is -2.11. The first-order valence-electron chi connectivity index (χ1n) is 14.2. The standard InChI is InChI=1S/C29H54O4/c1-4-6-8-10-12-13-14-15-16-17-18-20-22-26-32-28(30)24-25-29(31)33-27(3)23-21-19-11-9-7-5-2/h24-25,27H,4-23,26H2,1-3H3/b25-24+. The van der Waals surface area contributed by atoms with E-state index in [1.54, 1.807) is 0 Å². The fourth-order valence-electron chi connectivity index (χ4n) is 3.99. The summed E-state index contributed by atoms with van der Waals surface area (Å²) in [5.74, 6) is -0.930. The van der Waals surface area contributed by atoms with E-state index in [-0.39, 0.29) is 6.10 Å². The summed E-state index contributed by atoms with van der Waals surface area (Å²) in [7, 11) is 0. The van der Waals surface area contributed by atoms with Gasteiger partial charge in [-0.1, -0.05) is 123 Å². The van der Waals surface area contributed by atoms with E-state index >= 15 is 0 Å². The van der Waals surface area contributed by atoms with E-state index in [4.69, 9.17) is 9.47 Å². The normalized spacial score (nSPS) is 12.2. The van der Waals surface area contributed by atoms with E-state index in [0.29, 0.717) is 6.61 Å². The Morgan fingerprint density at radius 1 is 0.576 bits per heavy atom. The smallest absolute Gasteiger partial charge is 0.331 e. The van der Waals surface area contributed by atoms with Crippen molar-refractivity contribution in [2.75, 3.05) is 6.61 Å². The molecule has 0 aromatic heterocycles. The second kappa shape index (κ2) is 25.3. The second-order valence-electron chi connectivity index (χ2n) is 9.55. The van der Waals surface area contributed by atoms with Gasteiger partial charge in [0.2, 0.25) is 0 Å². The van der Waals surface area contributed by atoms with Crippen molar-refractivity contribution < 1.29 is 19.1 Å². The molecule has 1 atom stereocenters. The van der Waals surface area contributed by atoms with Gasteiger partial charge < -0.3 is 9.47 Å². The van der Waals surface area contributed by atoms with Gasteiger partial charge in [-0.2, -0.15) is 0 Å². The number of carbonyl (C=O) groups is 2. The zero-order valence-electron chi connectivity index (χ0n) is 22.2. The van der Waals surface area contributed by atoms with Gasteiger partial charge in [0.25, 0.3) is 0 Å². The molecule has 0 aliphatic rings. The minimum Gasteiger partial charge on any atom is -0.463 e. The first-order valence-corrected chi connectivity index (χ1v) is 14.2. The Labute approximate surface area is 205 Å². The summed E-state index contributed by atoms with van der Waals surface area (Å²) in [5.41, 5.74) is 0. The molecule has 0 aliphatic heterocycles. The van der Waals surface area contributed by atoms with Crippen molar-refractivity contribution in [1.29, 1.82) is 0 Å². The molecule has 1 unspecified atom stereocenters. The van der Waals surface area contributed by atoms with Crippen LogP contribution in [0.15, 0.2) is 12.2 Å². The highest BCUT2D eigenvalue weighted by atomic mass is 16.5. The maximum atomic E-state index is 11.8. The highest BCUT2D eigenvalue weighted by molar-refractivity contribution is 5.91. The first-order chi connectivity index (χ1) is 16.1. The Kier molecular flexibility index (Phi) is 24.3. The lowest BCUT2D eigenvalue weighted by atomic mass is 10.0. The van der Waals surface area contributed by atoms with Crippen LogP contribution < -0.4 is 0 Å². The lowest BCUT2D eigenvalue weighted by Crippen LogP contribution is -2.13. The number of hydrogen-bond acceptors (Lipinski definition) is 4. The lowest BCUT2D eigenvalue weighted by molar-refractivity contribution is -0.143. The van der Waals surface area contributed by atoms with E-state index in [9.17, 15) is 9.59 Å². The zero-order chi connectivity index (χ0) is 24.4. The van der Waals surface area contributed by atoms with Crippen molar-refractivity contribution in [3.8, 4) is 0 Å². The largest absolute Gasteiger partial charge is 0.463 e. The molecule has 194 valence electrons. The maximum Gasteiger partial charge on any atom is 0.331 e. The van der Waals surface area contributed by atoms with Crippen LogP contribution in [0, 0.1) is 0 Å². The Balaban J connectivity index is 3.50. The fourth-order valence-corrected chi connectivity index (χ4v) is 3.99. The van der Waals surface area contributed by atoms with Gasteiger partial charge in [-0.25, -0.2) is 9.59 Å². The van der Waals surface area contributed by atoms with Crippen LogP contribution in [0.1, 0.15) is 149 Å². The molecule has 0 spiro atoms. The molecule has 0 radical (unpaired) electrons. The fraction of sp³-hybridized carbons (Fsp3) is 0.862. The molecule has 0 aromatic rings. The van der Waals surface area contributed by atoms with Crippen molar-refractivity contribution in [2.24, 2.45) is 0 Å². The molecule has 33 heavy (non-hydrogen) atoms. The van der Waals surface area contributed by atoms with Crippen LogP contribution in [0.2, 0.25) is 0 Å². The van der Waals surface area contributed by atoms with E-state index < -0.39 is 11.9 Å². The van der Waals surface area contributed by atoms with Gasteiger partial charge in [0.05, 0.1) is 12.7 Å². The third-order valence-corrected chi connectivity index (χ3v) is 6.13. The topological polar surface area (TPSA) is 52.6 Å². The third-order valence-electron chi connectivity index (χ3n) is 6.13. The van der Waals surface area contributed by atoms with Crippen LogP contribution in [-0.2, 0) is 19.1 Å². The quantitative estimate of drug-likeness (QED) is 0.0809. The zero-order valence-corrected chi connectivity index (χ0v) is 22.2. The molecular formula is C29H54O4. The number of rotatable bonds is 24. The van der Waals surface area contributed by atoms with Gasteiger partial charge in [-0.15, -0.1) is 0 Å². The number of unbranched alkanes of at least 4 members (excludes halogenated alkanes) is 17. The number of hydrogen-bond donors (Lipinski definition) is 0. The molecule has 0 bridgehead atoms. The summed E-state index contributed by atoms with van der Waals surface area (Å²) < 4.78 is 10.5. The van der Waals surface area contributed by atoms with Crippen molar-refractivity contribution in [1.82, 2.24) is 0 Å². The van der Waals surface area contributed by atoms with Crippen molar-refractivity contribution >= 4 is 11.9 Å². The second-order valence-corrected chi connectivity index (χ2v) is 9.55. The van der Waals surface area contributed by atoms with Crippen LogP contribution in [0.25, 0.3) is 0 Å². The Morgan fingerprint density at radius 3 is 1.45 bits per heavy atom. The molecular weight excluding hydrogens is 412 g/mol. The Morgan fingerprint density at radius 2 is 0.970 bits per heavy atom. The van der Waals surface area contributed by atoms with E-state index in [0.717, 1.165) is 25.7 Å². The summed E-state index contributed by atoms with van der Waals surface area (Å²) in [5, 5.41) is 0. The molecule has 0 fully saturated rings. The van der Waals surface area contributed by atoms with Crippen molar-refractivity contribution in [3.05, 3.63) is 12.2 Å². The average Bonchev–Trinajstić information content (AvgIpc) is 2.80. The molecule has 0 heterocycles. The molecule has 0 amide bonds. The van der Waals surface area contributed by atoms with Crippen LogP contribution in [0.5, 0.6) is 0 Å². The predicted octanol–water partition coefficient (Wildman–Crippen LogP) is 8.86. The molecule has 0 saturated carbocycles. The molecule has 0 N–H and O–H groups in total. The first kappa shape index (κ1) is 31.7. The molecule has 0 aromatic carbocycles. The highest BCUT2D eigenvalue weighted by Crippen LogP contribution is 2.13. The number of carbonyl (C=O) groups excluding carboxylic acids is 2. The van der Waals surface area contributed by atoms with Crippen LogP contribution in [-0.4, -0.2) is 24.6 Å². The van der Waals surface area contributed by atoms with Crippen LogP contribution in [0.4, 0.5) is 0 Å². The van der Waals surface area contributed by atoms with Crippen LogP contribution >= 0.6 is 0 Å². The highest BCUT2D eigenvalue weighted by Gasteiger charge is 2.07. The van der Waals surface area contributed by atoms with Gasteiger partial charge in [0.15, 0.2) is 0 Å². The molecule has 0 saturated heterocycles. The van der Waals surface area contributed by atoms with Gasteiger partial charge in [0, 0.05) is 12.2 Å². The minimum atomic E-state index is -0.466. The van der Waals surface area contributed by atoms with Crippen LogP contribution in [0.3, 0.4) is 0 Å². The van der Waals surface area contributed by atoms with Gasteiger partial charge >= 0.3 is 11.9 Å². The monoisotopic (exact) mass is 466 g/mol. The summed E-state index contributed by atoms with van der Waals surface area (Å²) in [4.78, 5) is 23.5. The average molecular weight is 467 g/mol. The summed E-state index contributed by atoms with van der Waals surface area (Å²) in [6.07, 6.45) is 27.2. The molecule has 0 aliphatic carbocycles.